The molecule has 3 N–H and O–H groups in total. The lowest BCUT2D eigenvalue weighted by atomic mass is 10.0. The number of amides is 1. The fourth-order valence-corrected chi connectivity index (χ4v) is 3.57. The lowest BCUT2D eigenvalue weighted by Crippen LogP contribution is -2.25. The molecule has 0 aromatic heterocycles. The third kappa shape index (κ3) is 5.03. The van der Waals surface area contributed by atoms with Crippen molar-refractivity contribution in [2.24, 2.45) is 0 Å². The molecule has 1 amide bonds. The predicted octanol–water partition coefficient (Wildman–Crippen LogP) is 4.80. The molecule has 0 bridgehead atoms. The summed E-state index contributed by atoms with van der Waals surface area (Å²) in [6.07, 6.45) is 0.651. The summed E-state index contributed by atoms with van der Waals surface area (Å²) in [7, 11) is 0. The average Bonchev–Trinajstić information content (AvgIpc) is 2.71. The van der Waals surface area contributed by atoms with Crippen molar-refractivity contribution in [2.75, 3.05) is 6.54 Å². The van der Waals surface area contributed by atoms with E-state index in [0.29, 0.717) is 18.5 Å². The number of carboxylic acids is 1. The van der Waals surface area contributed by atoms with Crippen molar-refractivity contribution in [3.05, 3.63) is 87.4 Å². The van der Waals surface area contributed by atoms with Crippen LogP contribution in [0.3, 0.4) is 0 Å². The van der Waals surface area contributed by atoms with Crippen LogP contribution in [-0.4, -0.2) is 28.6 Å². The number of hydrogen-bond acceptors (Lipinski definition) is 3. The van der Waals surface area contributed by atoms with Gasteiger partial charge in [-0.2, -0.15) is 0 Å². The van der Waals surface area contributed by atoms with Gasteiger partial charge >= 0.3 is 5.97 Å². The molecule has 3 rings (SSSR count). The second-order valence-electron chi connectivity index (χ2n) is 6.70. The minimum atomic E-state index is -0.944. The summed E-state index contributed by atoms with van der Waals surface area (Å²) in [6.45, 7) is 2.18. The van der Waals surface area contributed by atoms with Crippen LogP contribution >= 0.6 is 15.9 Å². The van der Waals surface area contributed by atoms with Gasteiger partial charge in [0.05, 0.1) is 11.1 Å². The zero-order valence-electron chi connectivity index (χ0n) is 15.8. The molecule has 0 saturated heterocycles. The summed E-state index contributed by atoms with van der Waals surface area (Å²) < 4.78 is 0.741. The van der Waals surface area contributed by atoms with E-state index in [4.69, 9.17) is 5.11 Å². The second-order valence-corrected chi connectivity index (χ2v) is 7.62. The van der Waals surface area contributed by atoms with Gasteiger partial charge in [0.25, 0.3) is 5.91 Å². The van der Waals surface area contributed by atoms with Gasteiger partial charge in [0.2, 0.25) is 0 Å². The van der Waals surface area contributed by atoms with Crippen molar-refractivity contribution in [2.45, 2.75) is 13.3 Å². The number of carbonyl (C=O) groups is 2. The zero-order valence-corrected chi connectivity index (χ0v) is 17.4. The minimum absolute atomic E-state index is 0.0102. The van der Waals surface area contributed by atoms with Crippen molar-refractivity contribution in [1.82, 2.24) is 5.32 Å². The fourth-order valence-electron chi connectivity index (χ4n) is 2.99. The van der Waals surface area contributed by atoms with Gasteiger partial charge in [-0.15, -0.1) is 0 Å². The van der Waals surface area contributed by atoms with Crippen molar-refractivity contribution in [3.63, 3.8) is 0 Å². The fraction of sp³-hybridized carbons (Fsp3) is 0.130. The number of halogens is 1. The third-order valence-corrected chi connectivity index (χ3v) is 5.09. The number of hydrogen-bond donors (Lipinski definition) is 3. The van der Waals surface area contributed by atoms with Crippen LogP contribution in [0.4, 0.5) is 0 Å². The highest BCUT2D eigenvalue weighted by Crippen LogP contribution is 2.26. The molecule has 148 valence electrons. The molecule has 0 aliphatic heterocycles. The van der Waals surface area contributed by atoms with Gasteiger partial charge in [0, 0.05) is 11.0 Å². The number of aromatic carboxylic acids is 1. The number of phenols is 1. The first kappa shape index (κ1) is 20.6. The Hall–Kier alpha value is -3.12. The van der Waals surface area contributed by atoms with Gasteiger partial charge in [0.15, 0.2) is 0 Å². The number of nitrogens with one attached hydrogen (secondary N) is 1. The highest BCUT2D eigenvalue weighted by molar-refractivity contribution is 9.10. The molecule has 0 radical (unpaired) electrons. The number of rotatable bonds is 6. The Balaban J connectivity index is 1.59. The normalized spacial score (nSPS) is 10.6. The Morgan fingerprint density at radius 3 is 2.14 bits per heavy atom. The van der Waals surface area contributed by atoms with Crippen LogP contribution in [0, 0.1) is 6.92 Å². The standard InChI is InChI=1S/C23H20BrNO4/c1-14-12-19(24)13-20(21(14)26)22(27)25-11-10-15-2-4-16(5-3-15)17-6-8-18(9-7-17)23(28)29/h2-9,12-13,26H,10-11H2,1H3,(H,25,27)(H,28,29). The van der Waals surface area contributed by atoms with E-state index in [9.17, 15) is 14.7 Å². The number of benzene rings is 3. The smallest absolute Gasteiger partial charge is 0.335 e. The maximum absolute atomic E-state index is 12.3. The van der Waals surface area contributed by atoms with Gasteiger partial charge in [-0.05, 0) is 59.9 Å². The lowest BCUT2D eigenvalue weighted by Gasteiger charge is -2.10. The van der Waals surface area contributed by atoms with E-state index in [1.165, 1.54) is 0 Å². The van der Waals surface area contributed by atoms with Crippen LogP contribution in [-0.2, 0) is 6.42 Å². The van der Waals surface area contributed by atoms with E-state index in [-0.39, 0.29) is 22.8 Å². The minimum Gasteiger partial charge on any atom is -0.507 e. The van der Waals surface area contributed by atoms with Crippen molar-refractivity contribution in [3.8, 4) is 16.9 Å². The highest BCUT2D eigenvalue weighted by atomic mass is 79.9. The summed E-state index contributed by atoms with van der Waals surface area (Å²) in [5, 5.41) is 21.9. The monoisotopic (exact) mass is 453 g/mol. The van der Waals surface area contributed by atoms with E-state index in [0.717, 1.165) is 21.2 Å². The SMILES string of the molecule is Cc1cc(Br)cc(C(=O)NCCc2ccc(-c3ccc(C(=O)O)cc3)cc2)c1O. The number of aromatic hydroxyl groups is 1. The maximum atomic E-state index is 12.3. The Kier molecular flexibility index (Phi) is 6.34. The summed E-state index contributed by atoms with van der Waals surface area (Å²) >= 11 is 3.34. The molecule has 0 atom stereocenters. The van der Waals surface area contributed by atoms with Gasteiger partial charge in [-0.25, -0.2) is 4.79 Å². The van der Waals surface area contributed by atoms with Crippen LogP contribution in [0.1, 0.15) is 31.8 Å². The lowest BCUT2D eigenvalue weighted by molar-refractivity contribution is 0.0696. The summed E-state index contributed by atoms with van der Waals surface area (Å²) in [6, 6.07) is 18.0. The zero-order chi connectivity index (χ0) is 21.0. The van der Waals surface area contributed by atoms with Gasteiger partial charge < -0.3 is 15.5 Å². The summed E-state index contributed by atoms with van der Waals surface area (Å²) in [4.78, 5) is 23.3. The molecule has 3 aromatic rings. The predicted molar refractivity (Wildman–Crippen MR) is 115 cm³/mol. The molecule has 0 spiro atoms. The number of carboxylic acid groups (broad SMARTS) is 1. The number of carbonyl (C=O) groups excluding carboxylic acids is 1. The Bertz CT molecular complexity index is 1040. The number of phenolic OH excluding ortho intramolecular Hbond substituents is 1. The van der Waals surface area contributed by atoms with Crippen molar-refractivity contribution < 1.29 is 19.8 Å². The molecule has 0 aliphatic carbocycles. The summed E-state index contributed by atoms with van der Waals surface area (Å²) in [5.41, 5.74) is 4.13. The van der Waals surface area contributed by atoms with E-state index < -0.39 is 5.97 Å². The molecule has 29 heavy (non-hydrogen) atoms. The van der Waals surface area contributed by atoms with Crippen molar-refractivity contribution in [1.29, 1.82) is 0 Å². The quantitative estimate of drug-likeness (QED) is 0.500. The maximum Gasteiger partial charge on any atom is 0.335 e. The molecule has 3 aromatic carbocycles. The molecule has 0 fully saturated rings. The summed E-state index contributed by atoms with van der Waals surface area (Å²) in [5.74, 6) is -1.27. The highest BCUT2D eigenvalue weighted by Gasteiger charge is 2.13. The molecule has 0 heterocycles. The number of aryl methyl sites for hydroxylation is 1. The van der Waals surface area contributed by atoms with Gasteiger partial charge in [-0.1, -0.05) is 52.3 Å². The Labute approximate surface area is 177 Å². The molecular weight excluding hydrogens is 434 g/mol. The van der Waals surface area contributed by atoms with E-state index in [1.807, 2.05) is 24.3 Å². The topological polar surface area (TPSA) is 86.6 Å². The van der Waals surface area contributed by atoms with E-state index in [2.05, 4.69) is 21.2 Å². The van der Waals surface area contributed by atoms with Crippen LogP contribution in [0.25, 0.3) is 11.1 Å². The first-order valence-corrected chi connectivity index (χ1v) is 9.84. The Morgan fingerprint density at radius 1 is 0.966 bits per heavy atom. The second kappa shape index (κ2) is 8.92. The van der Waals surface area contributed by atoms with Gasteiger partial charge in [-0.3, -0.25) is 4.79 Å². The molecule has 0 saturated carbocycles. The van der Waals surface area contributed by atoms with E-state index >= 15 is 0 Å². The van der Waals surface area contributed by atoms with Crippen LogP contribution < -0.4 is 5.32 Å². The molecular formula is C23H20BrNO4. The van der Waals surface area contributed by atoms with Crippen molar-refractivity contribution >= 4 is 27.8 Å². The molecule has 0 unspecified atom stereocenters. The van der Waals surface area contributed by atoms with Gasteiger partial charge in [0.1, 0.15) is 5.75 Å². The van der Waals surface area contributed by atoms with Crippen LogP contribution in [0.2, 0.25) is 0 Å². The van der Waals surface area contributed by atoms with E-state index in [1.54, 1.807) is 43.3 Å². The first-order chi connectivity index (χ1) is 13.8. The molecule has 0 aliphatic rings. The van der Waals surface area contributed by atoms with Crippen LogP contribution in [0.5, 0.6) is 5.75 Å². The Morgan fingerprint density at radius 2 is 1.55 bits per heavy atom. The molecule has 5 nitrogen and oxygen atoms in total. The van der Waals surface area contributed by atoms with Crippen LogP contribution in [0.15, 0.2) is 65.1 Å². The average molecular weight is 454 g/mol. The molecule has 6 heteroatoms. The first-order valence-electron chi connectivity index (χ1n) is 9.05. The third-order valence-electron chi connectivity index (χ3n) is 4.63. The largest absolute Gasteiger partial charge is 0.507 e.